The van der Waals surface area contributed by atoms with Crippen molar-refractivity contribution in [3.05, 3.63) is 42.0 Å². The quantitative estimate of drug-likeness (QED) is 0.811. The molecule has 0 spiro atoms. The first-order valence-electron chi connectivity index (χ1n) is 7.27. The molecule has 0 unspecified atom stereocenters. The Morgan fingerprint density at radius 1 is 1.29 bits per heavy atom. The predicted octanol–water partition coefficient (Wildman–Crippen LogP) is 2.60. The molecule has 21 heavy (non-hydrogen) atoms. The van der Waals surface area contributed by atoms with Gasteiger partial charge in [-0.1, -0.05) is 13.0 Å². The van der Waals surface area contributed by atoms with E-state index in [9.17, 15) is 0 Å². The van der Waals surface area contributed by atoms with Crippen LogP contribution in [0.5, 0.6) is 11.5 Å². The Morgan fingerprint density at radius 2 is 2.14 bits per heavy atom. The summed E-state index contributed by atoms with van der Waals surface area (Å²) in [6.45, 7) is 7.27. The molecule has 2 aromatic rings. The first-order valence-corrected chi connectivity index (χ1v) is 7.27. The monoisotopic (exact) mass is 289 g/mol. The molecule has 0 bridgehead atoms. The van der Waals surface area contributed by atoms with Crippen LogP contribution in [0.15, 0.2) is 30.7 Å². The lowest BCUT2D eigenvalue weighted by atomic mass is 10.2. The van der Waals surface area contributed by atoms with Crippen molar-refractivity contribution in [3.8, 4) is 11.5 Å². The highest BCUT2D eigenvalue weighted by Gasteiger charge is 2.08. The number of aryl methyl sites for hydroxylation is 1. The summed E-state index contributed by atoms with van der Waals surface area (Å²) in [5, 5.41) is 3.32. The SMILES string of the molecule is CCNCc1ccc(OC)cc1OCc1cncn1CC. The van der Waals surface area contributed by atoms with Crippen LogP contribution >= 0.6 is 0 Å². The van der Waals surface area contributed by atoms with Crippen molar-refractivity contribution in [3.63, 3.8) is 0 Å². The summed E-state index contributed by atoms with van der Waals surface area (Å²) >= 11 is 0. The van der Waals surface area contributed by atoms with E-state index in [1.54, 1.807) is 7.11 Å². The van der Waals surface area contributed by atoms with Gasteiger partial charge in [0.1, 0.15) is 18.1 Å². The van der Waals surface area contributed by atoms with Gasteiger partial charge in [0, 0.05) is 24.7 Å². The van der Waals surface area contributed by atoms with E-state index in [1.165, 1.54) is 0 Å². The Labute approximate surface area is 125 Å². The van der Waals surface area contributed by atoms with Gasteiger partial charge in [0.25, 0.3) is 0 Å². The van der Waals surface area contributed by atoms with Crippen molar-refractivity contribution in [1.29, 1.82) is 0 Å². The van der Waals surface area contributed by atoms with Crippen LogP contribution in [0, 0.1) is 0 Å². The lowest BCUT2D eigenvalue weighted by Crippen LogP contribution is -2.13. The molecule has 1 N–H and O–H groups in total. The molecular formula is C16H23N3O2. The fraction of sp³-hybridized carbons (Fsp3) is 0.438. The van der Waals surface area contributed by atoms with Crippen LogP contribution in [0.3, 0.4) is 0 Å². The van der Waals surface area contributed by atoms with Crippen molar-refractivity contribution in [1.82, 2.24) is 14.9 Å². The molecule has 0 amide bonds. The Hall–Kier alpha value is -2.01. The summed E-state index contributed by atoms with van der Waals surface area (Å²) in [4.78, 5) is 4.16. The Morgan fingerprint density at radius 3 is 2.86 bits per heavy atom. The molecule has 0 saturated carbocycles. The minimum Gasteiger partial charge on any atom is -0.497 e. The molecule has 5 heteroatoms. The zero-order valence-corrected chi connectivity index (χ0v) is 12.9. The molecular weight excluding hydrogens is 266 g/mol. The van der Waals surface area contributed by atoms with Crippen molar-refractivity contribution in [2.45, 2.75) is 33.5 Å². The molecule has 1 heterocycles. The molecule has 2 rings (SSSR count). The summed E-state index contributed by atoms with van der Waals surface area (Å²) in [6, 6.07) is 5.92. The smallest absolute Gasteiger partial charge is 0.130 e. The van der Waals surface area contributed by atoms with Gasteiger partial charge in [-0.25, -0.2) is 4.98 Å². The molecule has 0 aliphatic carbocycles. The van der Waals surface area contributed by atoms with Gasteiger partial charge < -0.3 is 19.4 Å². The van der Waals surface area contributed by atoms with Crippen molar-refractivity contribution < 1.29 is 9.47 Å². The molecule has 1 aromatic heterocycles. The highest BCUT2D eigenvalue weighted by atomic mass is 16.5. The number of imidazole rings is 1. The van der Waals surface area contributed by atoms with E-state index in [0.29, 0.717) is 6.61 Å². The molecule has 0 radical (unpaired) electrons. The van der Waals surface area contributed by atoms with Gasteiger partial charge in [0.05, 0.1) is 25.3 Å². The molecule has 0 saturated heterocycles. The minimum absolute atomic E-state index is 0.500. The maximum absolute atomic E-state index is 5.98. The molecule has 114 valence electrons. The number of methoxy groups -OCH3 is 1. The van der Waals surface area contributed by atoms with Crippen LogP contribution in [-0.2, 0) is 19.7 Å². The molecule has 0 fully saturated rings. The number of hydrogen-bond acceptors (Lipinski definition) is 4. The topological polar surface area (TPSA) is 48.3 Å². The average molecular weight is 289 g/mol. The zero-order valence-electron chi connectivity index (χ0n) is 12.9. The third-order valence-electron chi connectivity index (χ3n) is 3.35. The van der Waals surface area contributed by atoms with E-state index in [2.05, 4.69) is 28.7 Å². The van der Waals surface area contributed by atoms with Crippen molar-refractivity contribution in [2.24, 2.45) is 0 Å². The van der Waals surface area contributed by atoms with Crippen LogP contribution in [0.25, 0.3) is 0 Å². The Bertz CT molecular complexity index is 566. The van der Waals surface area contributed by atoms with Gasteiger partial charge in [-0.15, -0.1) is 0 Å². The van der Waals surface area contributed by atoms with E-state index < -0.39 is 0 Å². The fourth-order valence-electron chi connectivity index (χ4n) is 2.11. The van der Waals surface area contributed by atoms with E-state index in [4.69, 9.17) is 9.47 Å². The fourth-order valence-corrected chi connectivity index (χ4v) is 2.11. The van der Waals surface area contributed by atoms with Crippen LogP contribution < -0.4 is 14.8 Å². The van der Waals surface area contributed by atoms with Crippen LogP contribution in [-0.4, -0.2) is 23.2 Å². The molecule has 0 aliphatic rings. The number of ether oxygens (including phenoxy) is 2. The minimum atomic E-state index is 0.500. The maximum Gasteiger partial charge on any atom is 0.130 e. The van der Waals surface area contributed by atoms with Crippen LogP contribution in [0.4, 0.5) is 0 Å². The lowest BCUT2D eigenvalue weighted by molar-refractivity contribution is 0.289. The van der Waals surface area contributed by atoms with Gasteiger partial charge in [-0.3, -0.25) is 0 Å². The van der Waals surface area contributed by atoms with Gasteiger partial charge in [0.15, 0.2) is 0 Å². The predicted molar refractivity (Wildman–Crippen MR) is 82.6 cm³/mol. The summed E-state index contributed by atoms with van der Waals surface area (Å²) in [5.74, 6) is 1.65. The highest BCUT2D eigenvalue weighted by molar-refractivity contribution is 5.40. The first kappa shape index (κ1) is 15.4. The Balaban J connectivity index is 2.12. The second kappa shape index (κ2) is 7.69. The van der Waals surface area contributed by atoms with Gasteiger partial charge in [-0.05, 0) is 19.5 Å². The average Bonchev–Trinajstić information content (AvgIpc) is 2.98. The Kier molecular flexibility index (Phi) is 5.63. The summed E-state index contributed by atoms with van der Waals surface area (Å²) < 4.78 is 13.3. The van der Waals surface area contributed by atoms with E-state index >= 15 is 0 Å². The van der Waals surface area contributed by atoms with E-state index in [0.717, 1.165) is 42.4 Å². The van der Waals surface area contributed by atoms with Crippen molar-refractivity contribution >= 4 is 0 Å². The van der Waals surface area contributed by atoms with Crippen LogP contribution in [0.2, 0.25) is 0 Å². The standard InChI is InChI=1S/C16H23N3O2/c1-4-17-9-13-6-7-15(20-3)8-16(13)21-11-14-10-18-12-19(14)5-2/h6-8,10,12,17H,4-5,9,11H2,1-3H3. The van der Waals surface area contributed by atoms with Crippen LogP contribution in [0.1, 0.15) is 25.1 Å². The second-order valence-corrected chi connectivity index (χ2v) is 4.71. The number of hydrogen-bond donors (Lipinski definition) is 1. The molecule has 0 atom stereocenters. The summed E-state index contributed by atoms with van der Waals surface area (Å²) in [7, 11) is 1.66. The maximum atomic E-state index is 5.98. The lowest BCUT2D eigenvalue weighted by Gasteiger charge is -2.14. The normalized spacial score (nSPS) is 10.6. The number of nitrogens with one attached hydrogen (secondary N) is 1. The first-order chi connectivity index (χ1) is 10.3. The molecule has 1 aromatic carbocycles. The summed E-state index contributed by atoms with van der Waals surface area (Å²) in [5.41, 5.74) is 2.19. The second-order valence-electron chi connectivity index (χ2n) is 4.71. The van der Waals surface area contributed by atoms with Gasteiger partial charge in [0.2, 0.25) is 0 Å². The zero-order chi connectivity index (χ0) is 15.1. The van der Waals surface area contributed by atoms with Gasteiger partial charge >= 0.3 is 0 Å². The largest absolute Gasteiger partial charge is 0.497 e. The van der Waals surface area contributed by atoms with E-state index in [-0.39, 0.29) is 0 Å². The third-order valence-corrected chi connectivity index (χ3v) is 3.35. The number of rotatable bonds is 8. The number of benzene rings is 1. The number of nitrogens with zero attached hydrogens (tertiary/aromatic N) is 2. The third kappa shape index (κ3) is 3.98. The molecule has 0 aliphatic heterocycles. The number of aromatic nitrogens is 2. The van der Waals surface area contributed by atoms with Crippen molar-refractivity contribution in [2.75, 3.05) is 13.7 Å². The van der Waals surface area contributed by atoms with Gasteiger partial charge in [-0.2, -0.15) is 0 Å². The molecule has 5 nitrogen and oxygen atoms in total. The highest BCUT2D eigenvalue weighted by Crippen LogP contribution is 2.25. The summed E-state index contributed by atoms with van der Waals surface area (Å²) in [6.07, 6.45) is 3.66. The van der Waals surface area contributed by atoms with E-state index in [1.807, 2.05) is 30.7 Å².